The van der Waals surface area contributed by atoms with E-state index in [-0.39, 0.29) is 23.3 Å². The van der Waals surface area contributed by atoms with Crippen LogP contribution in [0.25, 0.3) is 0 Å². The van der Waals surface area contributed by atoms with Gasteiger partial charge in [-0.2, -0.15) is 0 Å². The standard InChI is InChI=1S/C21H14F2O5/c22-14-6-4-12(5-7-14)11-28-21-17(23)9-8-16(20(21)27)19(26)15-3-1-2-13(10-24)18(15)25/h1-10,25,27H,11H2. The largest absolute Gasteiger partial charge is 0.506 e. The van der Waals surface area contributed by atoms with Crippen LogP contribution in [0.4, 0.5) is 8.78 Å². The third-order valence-electron chi connectivity index (χ3n) is 4.06. The molecule has 3 rings (SSSR count). The summed E-state index contributed by atoms with van der Waals surface area (Å²) in [6.07, 6.45) is 0.383. The number of para-hydroxylation sites is 1. The molecule has 28 heavy (non-hydrogen) atoms. The quantitative estimate of drug-likeness (QED) is 0.496. The lowest BCUT2D eigenvalue weighted by molar-refractivity contribution is 0.103. The Labute approximate surface area is 158 Å². The van der Waals surface area contributed by atoms with Crippen LogP contribution >= 0.6 is 0 Å². The minimum Gasteiger partial charge on any atom is -0.506 e. The van der Waals surface area contributed by atoms with Crippen molar-refractivity contribution in [2.45, 2.75) is 6.61 Å². The first-order chi connectivity index (χ1) is 13.4. The van der Waals surface area contributed by atoms with Crippen LogP contribution in [0.2, 0.25) is 0 Å². The minimum atomic E-state index is -0.901. The third-order valence-corrected chi connectivity index (χ3v) is 4.06. The summed E-state index contributed by atoms with van der Waals surface area (Å²) in [6.45, 7) is -0.172. The van der Waals surface area contributed by atoms with Gasteiger partial charge in [0.05, 0.1) is 16.7 Å². The Morgan fingerprint density at radius 1 is 0.929 bits per heavy atom. The summed E-state index contributed by atoms with van der Waals surface area (Å²) < 4.78 is 32.3. The molecule has 7 heteroatoms. The van der Waals surface area contributed by atoms with Gasteiger partial charge in [-0.05, 0) is 42.0 Å². The Balaban J connectivity index is 1.93. The van der Waals surface area contributed by atoms with E-state index in [9.17, 15) is 28.6 Å². The zero-order valence-electron chi connectivity index (χ0n) is 14.4. The van der Waals surface area contributed by atoms with Gasteiger partial charge in [-0.15, -0.1) is 0 Å². The Hall–Kier alpha value is -3.74. The molecule has 0 unspecified atom stereocenters. The fourth-order valence-electron chi connectivity index (χ4n) is 2.59. The van der Waals surface area contributed by atoms with Gasteiger partial charge in [-0.1, -0.05) is 18.2 Å². The van der Waals surface area contributed by atoms with Crippen molar-refractivity contribution in [2.75, 3.05) is 0 Å². The number of aldehydes is 1. The Morgan fingerprint density at radius 3 is 2.29 bits per heavy atom. The minimum absolute atomic E-state index is 0.0970. The van der Waals surface area contributed by atoms with Gasteiger partial charge in [0, 0.05) is 0 Å². The van der Waals surface area contributed by atoms with E-state index in [0.717, 1.165) is 12.1 Å². The van der Waals surface area contributed by atoms with E-state index in [1.807, 2.05) is 0 Å². The maximum absolute atomic E-state index is 14.1. The van der Waals surface area contributed by atoms with Crippen molar-refractivity contribution in [3.63, 3.8) is 0 Å². The van der Waals surface area contributed by atoms with E-state index in [0.29, 0.717) is 11.8 Å². The van der Waals surface area contributed by atoms with Gasteiger partial charge < -0.3 is 14.9 Å². The third kappa shape index (κ3) is 3.68. The molecule has 0 aliphatic rings. The van der Waals surface area contributed by atoms with E-state index in [2.05, 4.69) is 0 Å². The highest BCUT2D eigenvalue weighted by Gasteiger charge is 2.23. The summed E-state index contributed by atoms with van der Waals surface area (Å²) >= 11 is 0. The highest BCUT2D eigenvalue weighted by Crippen LogP contribution is 2.36. The Bertz CT molecular complexity index is 1050. The molecule has 0 bridgehead atoms. The molecule has 0 saturated heterocycles. The molecule has 3 aromatic carbocycles. The molecule has 142 valence electrons. The first-order valence-electron chi connectivity index (χ1n) is 8.13. The molecule has 0 aliphatic carbocycles. The van der Waals surface area contributed by atoms with Gasteiger partial charge in [0.25, 0.3) is 0 Å². The molecular weight excluding hydrogens is 370 g/mol. The molecule has 0 radical (unpaired) electrons. The number of ketones is 1. The number of rotatable bonds is 6. The normalized spacial score (nSPS) is 10.5. The van der Waals surface area contributed by atoms with Crippen molar-refractivity contribution in [1.29, 1.82) is 0 Å². The molecular formula is C21H14F2O5. The average molecular weight is 384 g/mol. The number of carbonyl (C=O) groups excluding carboxylic acids is 2. The number of carbonyl (C=O) groups is 2. The van der Waals surface area contributed by atoms with Crippen molar-refractivity contribution >= 4 is 12.1 Å². The second kappa shape index (κ2) is 7.87. The first kappa shape index (κ1) is 19.0. The second-order valence-corrected chi connectivity index (χ2v) is 5.88. The highest BCUT2D eigenvalue weighted by atomic mass is 19.1. The van der Waals surface area contributed by atoms with Gasteiger partial charge in [-0.25, -0.2) is 8.78 Å². The van der Waals surface area contributed by atoms with Crippen molar-refractivity contribution in [3.8, 4) is 17.2 Å². The van der Waals surface area contributed by atoms with E-state index in [1.165, 1.54) is 42.5 Å². The smallest absolute Gasteiger partial charge is 0.200 e. The molecule has 5 nitrogen and oxygen atoms in total. The van der Waals surface area contributed by atoms with Crippen LogP contribution in [0.15, 0.2) is 54.6 Å². The molecule has 0 fully saturated rings. The van der Waals surface area contributed by atoms with Gasteiger partial charge >= 0.3 is 0 Å². The van der Waals surface area contributed by atoms with E-state index in [1.54, 1.807) is 0 Å². The lowest BCUT2D eigenvalue weighted by atomic mass is 9.99. The average Bonchev–Trinajstić information content (AvgIpc) is 2.69. The maximum atomic E-state index is 14.1. The van der Waals surface area contributed by atoms with Gasteiger partial charge in [0.15, 0.2) is 23.6 Å². The number of phenolic OH excluding ortho intramolecular Hbond substituents is 2. The van der Waals surface area contributed by atoms with E-state index in [4.69, 9.17) is 4.74 Å². The van der Waals surface area contributed by atoms with Crippen molar-refractivity contribution < 1.29 is 33.3 Å². The van der Waals surface area contributed by atoms with Crippen molar-refractivity contribution in [1.82, 2.24) is 0 Å². The molecule has 0 aromatic heterocycles. The van der Waals surface area contributed by atoms with Crippen LogP contribution in [0, 0.1) is 11.6 Å². The predicted octanol–water partition coefficient (Wildman–Crippen LogP) is 4.00. The number of hydrogen-bond acceptors (Lipinski definition) is 5. The molecule has 0 atom stereocenters. The number of aromatic hydroxyl groups is 2. The van der Waals surface area contributed by atoms with E-state index < -0.39 is 34.7 Å². The number of benzene rings is 3. The molecule has 0 amide bonds. The van der Waals surface area contributed by atoms with Crippen LogP contribution in [0.1, 0.15) is 31.8 Å². The van der Waals surface area contributed by atoms with Gasteiger partial charge in [-0.3, -0.25) is 9.59 Å². The summed E-state index contributed by atoms with van der Waals surface area (Å²) in [5, 5.41) is 20.4. The molecule has 0 heterocycles. The lowest BCUT2D eigenvalue weighted by Gasteiger charge is -2.13. The van der Waals surface area contributed by atoms with Crippen molar-refractivity contribution in [3.05, 3.63) is 88.5 Å². The van der Waals surface area contributed by atoms with Crippen LogP contribution < -0.4 is 4.74 Å². The fraction of sp³-hybridized carbons (Fsp3) is 0.0476. The zero-order valence-corrected chi connectivity index (χ0v) is 14.4. The molecule has 0 spiro atoms. The van der Waals surface area contributed by atoms with Crippen LogP contribution in [-0.2, 0) is 6.61 Å². The zero-order chi connectivity index (χ0) is 20.3. The SMILES string of the molecule is O=Cc1cccc(C(=O)c2ccc(F)c(OCc3ccc(F)cc3)c2O)c1O. The summed E-state index contributed by atoms with van der Waals surface area (Å²) in [6, 6.07) is 11.2. The molecule has 3 aromatic rings. The van der Waals surface area contributed by atoms with Crippen LogP contribution in [-0.4, -0.2) is 22.3 Å². The highest BCUT2D eigenvalue weighted by molar-refractivity contribution is 6.13. The number of halogens is 2. The van der Waals surface area contributed by atoms with Gasteiger partial charge in [0.2, 0.25) is 5.78 Å². The lowest BCUT2D eigenvalue weighted by Crippen LogP contribution is -2.06. The topological polar surface area (TPSA) is 83.8 Å². The maximum Gasteiger partial charge on any atom is 0.200 e. The predicted molar refractivity (Wildman–Crippen MR) is 95.7 cm³/mol. The first-order valence-corrected chi connectivity index (χ1v) is 8.13. The number of hydrogen-bond donors (Lipinski definition) is 2. The van der Waals surface area contributed by atoms with Crippen LogP contribution in [0.5, 0.6) is 17.2 Å². The molecule has 0 aliphatic heterocycles. The number of phenols is 2. The Morgan fingerprint density at radius 2 is 1.61 bits per heavy atom. The summed E-state index contributed by atoms with van der Waals surface area (Å²) in [4.78, 5) is 23.6. The molecule has 2 N–H and O–H groups in total. The summed E-state index contributed by atoms with van der Waals surface area (Å²) in [5.74, 6) is -4.00. The fourth-order valence-corrected chi connectivity index (χ4v) is 2.59. The van der Waals surface area contributed by atoms with Crippen LogP contribution in [0.3, 0.4) is 0 Å². The van der Waals surface area contributed by atoms with Gasteiger partial charge in [0.1, 0.15) is 18.2 Å². The monoisotopic (exact) mass is 384 g/mol. The number of ether oxygens (including phenoxy) is 1. The summed E-state index contributed by atoms with van der Waals surface area (Å²) in [7, 11) is 0. The second-order valence-electron chi connectivity index (χ2n) is 5.88. The van der Waals surface area contributed by atoms with Crippen molar-refractivity contribution in [2.24, 2.45) is 0 Å². The molecule has 0 saturated carbocycles. The summed E-state index contributed by atoms with van der Waals surface area (Å²) in [5.41, 5.74) is -0.113. The van der Waals surface area contributed by atoms with E-state index >= 15 is 0 Å². The Kier molecular flexibility index (Phi) is 5.35.